The second kappa shape index (κ2) is 11.0. The Bertz CT molecular complexity index is 1770. The summed E-state index contributed by atoms with van der Waals surface area (Å²) in [5, 5.41) is 2.22. The number of ketones is 1. The van der Waals surface area contributed by atoms with Crippen molar-refractivity contribution in [3.05, 3.63) is 90.1 Å². The minimum Gasteiger partial charge on any atom is -0.403 e. The molecule has 41 heavy (non-hydrogen) atoms. The number of Topliss-reactive ketones (excluding diaryl/α,β-unsaturated/α-hetero) is 1. The maximum Gasteiger partial charge on any atom is 0.261 e. The van der Waals surface area contributed by atoms with Crippen LogP contribution in [0.1, 0.15) is 50.7 Å². The zero-order chi connectivity index (χ0) is 30.4. The van der Waals surface area contributed by atoms with Gasteiger partial charge in [-0.2, -0.15) is 0 Å². The molecule has 0 fully saturated rings. The third-order valence-corrected chi connectivity index (χ3v) is 14.5. The summed E-state index contributed by atoms with van der Waals surface area (Å²) in [6, 6.07) is 24.6. The molecule has 0 aliphatic carbocycles. The Kier molecular flexibility index (Phi) is 8.27. The smallest absolute Gasteiger partial charge is 0.261 e. The summed E-state index contributed by atoms with van der Waals surface area (Å²) in [7, 11) is -10.7. The molecule has 4 aromatic rings. The zero-order valence-electron chi connectivity index (χ0n) is 24.5. The van der Waals surface area contributed by atoms with Crippen LogP contribution in [0.3, 0.4) is 0 Å². The van der Waals surface area contributed by atoms with Gasteiger partial charge in [0.05, 0.1) is 23.3 Å². The van der Waals surface area contributed by atoms with Crippen molar-refractivity contribution < 1.29 is 26.1 Å². The molecule has 0 N–H and O–H groups in total. The lowest BCUT2D eigenvalue weighted by molar-refractivity contribution is 0.0933. The first-order valence-corrected chi connectivity index (χ1v) is 19.0. The maximum absolute atomic E-state index is 13.1. The minimum atomic E-state index is -3.92. The van der Waals surface area contributed by atoms with Gasteiger partial charge in [0.2, 0.25) is 10.0 Å². The molecule has 0 saturated heterocycles. The van der Waals surface area contributed by atoms with Gasteiger partial charge in [0.15, 0.2) is 15.6 Å². The molecule has 7 nitrogen and oxygen atoms in total. The van der Waals surface area contributed by atoms with E-state index in [2.05, 4.69) is 45.0 Å². The molecule has 1 heterocycles. The van der Waals surface area contributed by atoms with Gasteiger partial charge in [0, 0.05) is 17.6 Å². The van der Waals surface area contributed by atoms with Crippen LogP contribution in [0, 0.1) is 5.92 Å². The van der Waals surface area contributed by atoms with Gasteiger partial charge in [0.25, 0.3) is 8.32 Å². The number of aromatic nitrogens is 1. The van der Waals surface area contributed by atoms with E-state index in [9.17, 15) is 21.6 Å². The number of fused-ring (bicyclic) bond motifs is 1. The molecule has 0 aliphatic rings. The summed E-state index contributed by atoms with van der Waals surface area (Å²) in [4.78, 5) is 13.0. The number of hydrogen-bond acceptors (Lipinski definition) is 6. The second-order valence-corrected chi connectivity index (χ2v) is 19.9. The van der Waals surface area contributed by atoms with Crippen LogP contribution < -0.4 is 10.4 Å². The fourth-order valence-electron chi connectivity index (χ4n) is 5.49. The lowest BCUT2D eigenvalue weighted by Gasteiger charge is -2.43. The SMILES string of the molecule is CC(C)C(=O)c1cc2cc(CO[Si](c3ccccc3)(c3ccccc3)C(C)(C)C)c(S(C)(=O)=O)cc2n1S(C)(=O)=O. The van der Waals surface area contributed by atoms with Gasteiger partial charge in [-0.1, -0.05) is 95.3 Å². The Morgan fingerprint density at radius 1 is 0.854 bits per heavy atom. The summed E-state index contributed by atoms with van der Waals surface area (Å²) in [6.45, 7) is 9.76. The first-order valence-electron chi connectivity index (χ1n) is 13.4. The molecule has 1 aromatic heterocycles. The van der Waals surface area contributed by atoms with Gasteiger partial charge >= 0.3 is 0 Å². The molecule has 3 aromatic carbocycles. The van der Waals surface area contributed by atoms with E-state index in [1.54, 1.807) is 19.9 Å². The van der Waals surface area contributed by atoms with E-state index in [0.717, 1.165) is 26.9 Å². The van der Waals surface area contributed by atoms with Crippen LogP contribution in [-0.4, -0.2) is 47.4 Å². The normalized spacial score (nSPS) is 13.2. The molecular weight excluding hydrogens is 575 g/mol. The summed E-state index contributed by atoms with van der Waals surface area (Å²) in [5.74, 6) is -0.801. The highest BCUT2D eigenvalue weighted by molar-refractivity contribution is 7.90. The molecule has 0 amide bonds. The summed E-state index contributed by atoms with van der Waals surface area (Å²) >= 11 is 0. The van der Waals surface area contributed by atoms with Crippen molar-refractivity contribution >= 4 is 55.2 Å². The van der Waals surface area contributed by atoms with Crippen molar-refractivity contribution in [1.29, 1.82) is 0 Å². The fourth-order valence-corrected chi connectivity index (χ4v) is 12.0. The molecule has 218 valence electrons. The molecule has 0 spiro atoms. The van der Waals surface area contributed by atoms with Crippen molar-refractivity contribution in [3.8, 4) is 0 Å². The van der Waals surface area contributed by atoms with Crippen LogP contribution in [0.5, 0.6) is 0 Å². The maximum atomic E-state index is 13.1. The van der Waals surface area contributed by atoms with E-state index in [0.29, 0.717) is 10.9 Å². The third kappa shape index (κ3) is 5.83. The van der Waals surface area contributed by atoms with E-state index >= 15 is 0 Å². The van der Waals surface area contributed by atoms with Crippen LogP contribution >= 0.6 is 0 Å². The van der Waals surface area contributed by atoms with E-state index in [1.807, 2.05) is 36.4 Å². The van der Waals surface area contributed by atoms with Gasteiger partial charge in [-0.25, -0.2) is 20.8 Å². The van der Waals surface area contributed by atoms with Gasteiger partial charge in [-0.3, -0.25) is 4.79 Å². The second-order valence-electron chi connectivity index (χ2n) is 11.8. The Morgan fingerprint density at radius 2 is 1.37 bits per heavy atom. The lowest BCUT2D eigenvalue weighted by atomic mass is 10.1. The van der Waals surface area contributed by atoms with Crippen molar-refractivity contribution in [2.24, 2.45) is 5.92 Å². The number of nitrogens with zero attached hydrogens (tertiary/aromatic N) is 1. The van der Waals surface area contributed by atoms with Crippen LogP contribution in [0.15, 0.2) is 83.8 Å². The van der Waals surface area contributed by atoms with E-state index in [4.69, 9.17) is 4.43 Å². The van der Waals surface area contributed by atoms with E-state index in [1.165, 1.54) is 12.1 Å². The molecule has 10 heteroatoms. The largest absolute Gasteiger partial charge is 0.403 e. The molecule has 0 bridgehead atoms. The first kappa shape index (κ1) is 30.9. The van der Waals surface area contributed by atoms with Gasteiger partial charge in [-0.05, 0) is 39.2 Å². The Labute approximate surface area is 244 Å². The zero-order valence-corrected chi connectivity index (χ0v) is 27.1. The number of benzene rings is 3. The highest BCUT2D eigenvalue weighted by Crippen LogP contribution is 2.38. The first-order chi connectivity index (χ1) is 19.0. The van der Waals surface area contributed by atoms with Crippen molar-refractivity contribution in [2.75, 3.05) is 12.5 Å². The van der Waals surface area contributed by atoms with Gasteiger partial charge in [-0.15, -0.1) is 0 Å². The molecule has 4 rings (SSSR count). The molecule has 0 aliphatic heterocycles. The third-order valence-electron chi connectivity index (χ3n) is 7.31. The van der Waals surface area contributed by atoms with Crippen LogP contribution in [0.25, 0.3) is 10.9 Å². The van der Waals surface area contributed by atoms with Crippen molar-refractivity contribution in [3.63, 3.8) is 0 Å². The Morgan fingerprint density at radius 3 is 1.78 bits per heavy atom. The average Bonchev–Trinajstić information content (AvgIpc) is 3.27. The minimum absolute atomic E-state index is 0.00186. The lowest BCUT2D eigenvalue weighted by Crippen LogP contribution is -2.66. The summed E-state index contributed by atoms with van der Waals surface area (Å²) in [6.07, 6.45) is 2.10. The van der Waals surface area contributed by atoms with E-state index < -0.39 is 34.1 Å². The topological polar surface area (TPSA) is 99.5 Å². The molecule has 0 unspecified atom stereocenters. The van der Waals surface area contributed by atoms with Crippen LogP contribution in [0.4, 0.5) is 0 Å². The number of sulfone groups is 1. The molecule has 0 atom stereocenters. The summed E-state index contributed by atoms with van der Waals surface area (Å²) < 4.78 is 59.8. The number of carbonyl (C=O) groups excluding carboxylic acids is 1. The highest BCUT2D eigenvalue weighted by atomic mass is 32.2. The molecule has 0 saturated carbocycles. The van der Waals surface area contributed by atoms with E-state index in [-0.39, 0.29) is 33.5 Å². The number of rotatable bonds is 9. The molecular formula is C31H37NO6S2Si. The van der Waals surface area contributed by atoms with Crippen LogP contribution in [0.2, 0.25) is 5.04 Å². The average molecular weight is 612 g/mol. The van der Waals surface area contributed by atoms with Crippen LogP contribution in [-0.2, 0) is 30.9 Å². The highest BCUT2D eigenvalue weighted by Gasteiger charge is 2.50. The monoisotopic (exact) mass is 611 g/mol. The Balaban J connectivity index is 1.98. The van der Waals surface area contributed by atoms with Gasteiger partial charge in [0.1, 0.15) is 5.69 Å². The quantitative estimate of drug-likeness (QED) is 0.200. The Hall–Kier alpha value is -3.05. The predicted octanol–water partition coefficient (Wildman–Crippen LogP) is 4.77. The predicted molar refractivity (Wildman–Crippen MR) is 167 cm³/mol. The van der Waals surface area contributed by atoms with Crippen molar-refractivity contribution in [2.45, 2.75) is 51.2 Å². The standard InChI is InChI=1S/C31H37NO6S2Si/c1-22(2)30(33)28-19-23-18-24(29(39(6,34)35)20-27(23)32(28)40(7,36)37)21-38-41(31(3,4)5,25-14-10-8-11-15-25)26-16-12-9-13-17-26/h8-20,22H,21H2,1-7H3. The van der Waals surface area contributed by atoms with Gasteiger partial charge < -0.3 is 4.43 Å². The number of carbonyl (C=O) groups is 1. The number of hydrogen-bond donors (Lipinski definition) is 0. The molecule has 0 radical (unpaired) electrons. The summed E-state index contributed by atoms with van der Waals surface area (Å²) in [5.41, 5.74) is 0.551. The fraction of sp³-hybridized carbons (Fsp3) is 0.323. The van der Waals surface area contributed by atoms with Crippen molar-refractivity contribution in [1.82, 2.24) is 3.97 Å².